The van der Waals surface area contributed by atoms with E-state index in [9.17, 15) is 0 Å². The molecule has 0 bridgehead atoms. The molecule has 2 rings (SSSR count). The monoisotopic (exact) mass is 250 g/mol. The van der Waals surface area contributed by atoms with Gasteiger partial charge in [-0.15, -0.1) is 0 Å². The smallest absolute Gasteiger partial charge is 0.225 e. The van der Waals surface area contributed by atoms with Gasteiger partial charge in [0.1, 0.15) is 6.23 Å². The molecule has 100 valence electrons. The first kappa shape index (κ1) is 13.2. The minimum atomic E-state index is 0.184. The molecule has 0 spiro atoms. The minimum absolute atomic E-state index is 0.184. The summed E-state index contributed by atoms with van der Waals surface area (Å²) in [6.45, 7) is 10.2. The standard InChI is InChI=1S/C13H22N4O/c1-11(2)18-12(3)16-7-9-17(10-8-16)13-14-5-4-6-15-13/h4-6,11-12H,7-10H2,1-3H3. The summed E-state index contributed by atoms with van der Waals surface area (Å²) in [6, 6.07) is 1.85. The molecule has 1 saturated heterocycles. The van der Waals surface area contributed by atoms with Crippen LogP contribution in [-0.4, -0.2) is 53.4 Å². The number of aromatic nitrogens is 2. The zero-order valence-corrected chi connectivity index (χ0v) is 11.4. The lowest BCUT2D eigenvalue weighted by Crippen LogP contribution is -2.51. The van der Waals surface area contributed by atoms with Gasteiger partial charge in [-0.2, -0.15) is 0 Å². The minimum Gasteiger partial charge on any atom is -0.361 e. The number of nitrogens with zero attached hydrogens (tertiary/aromatic N) is 4. The summed E-state index contributed by atoms with van der Waals surface area (Å²) < 4.78 is 5.81. The lowest BCUT2D eigenvalue weighted by molar-refractivity contribution is -0.0781. The summed E-state index contributed by atoms with van der Waals surface area (Å²) >= 11 is 0. The number of hydrogen-bond acceptors (Lipinski definition) is 5. The second-order valence-corrected chi connectivity index (χ2v) is 4.86. The van der Waals surface area contributed by atoms with Crippen LogP contribution in [0, 0.1) is 0 Å². The lowest BCUT2D eigenvalue weighted by Gasteiger charge is -2.38. The number of rotatable bonds is 4. The summed E-state index contributed by atoms with van der Waals surface area (Å²) in [5.74, 6) is 0.828. The van der Waals surface area contributed by atoms with Gasteiger partial charge in [0.15, 0.2) is 0 Å². The molecule has 0 aromatic carbocycles. The van der Waals surface area contributed by atoms with Gasteiger partial charge < -0.3 is 9.64 Å². The van der Waals surface area contributed by atoms with Crippen LogP contribution in [0.1, 0.15) is 20.8 Å². The van der Waals surface area contributed by atoms with E-state index in [1.165, 1.54) is 0 Å². The average molecular weight is 250 g/mol. The Balaban J connectivity index is 1.85. The Labute approximate surface area is 109 Å². The Morgan fingerprint density at radius 3 is 2.22 bits per heavy atom. The molecule has 2 heterocycles. The molecule has 0 radical (unpaired) electrons. The molecule has 0 N–H and O–H groups in total. The van der Waals surface area contributed by atoms with Gasteiger partial charge in [0.2, 0.25) is 5.95 Å². The fourth-order valence-corrected chi connectivity index (χ4v) is 2.22. The molecule has 1 unspecified atom stereocenters. The Bertz CT molecular complexity index is 349. The van der Waals surface area contributed by atoms with Crippen LogP contribution in [0.25, 0.3) is 0 Å². The van der Waals surface area contributed by atoms with Crippen molar-refractivity contribution < 1.29 is 4.74 Å². The summed E-state index contributed by atoms with van der Waals surface area (Å²) in [5.41, 5.74) is 0. The normalized spacial score (nSPS) is 19.2. The predicted octanol–water partition coefficient (Wildman–Crippen LogP) is 1.37. The van der Waals surface area contributed by atoms with Crippen LogP contribution in [0.15, 0.2) is 18.5 Å². The van der Waals surface area contributed by atoms with Gasteiger partial charge in [-0.05, 0) is 26.8 Å². The van der Waals surface area contributed by atoms with E-state index < -0.39 is 0 Å². The van der Waals surface area contributed by atoms with Crippen LogP contribution in [0.3, 0.4) is 0 Å². The number of hydrogen-bond donors (Lipinski definition) is 0. The van der Waals surface area contributed by atoms with E-state index in [4.69, 9.17) is 4.74 Å². The maximum atomic E-state index is 5.81. The number of piperazine rings is 1. The van der Waals surface area contributed by atoms with E-state index in [0.717, 1.165) is 32.1 Å². The Morgan fingerprint density at radius 2 is 1.67 bits per heavy atom. The zero-order chi connectivity index (χ0) is 13.0. The van der Waals surface area contributed by atoms with Crippen molar-refractivity contribution in [1.82, 2.24) is 14.9 Å². The van der Waals surface area contributed by atoms with Gasteiger partial charge in [0.05, 0.1) is 6.10 Å². The molecule has 1 fully saturated rings. The van der Waals surface area contributed by atoms with Gasteiger partial charge in [0, 0.05) is 38.6 Å². The topological polar surface area (TPSA) is 41.5 Å². The SMILES string of the molecule is CC(C)OC(C)N1CCN(c2ncccn2)CC1. The maximum Gasteiger partial charge on any atom is 0.225 e. The third-order valence-electron chi connectivity index (χ3n) is 3.13. The molecule has 5 nitrogen and oxygen atoms in total. The van der Waals surface area contributed by atoms with Crippen molar-refractivity contribution in [3.05, 3.63) is 18.5 Å². The average Bonchev–Trinajstić information content (AvgIpc) is 2.39. The molecule has 1 atom stereocenters. The number of anilines is 1. The molecule has 1 aromatic rings. The summed E-state index contributed by atoms with van der Waals surface area (Å²) in [6.07, 6.45) is 4.04. The largest absolute Gasteiger partial charge is 0.361 e. The first-order valence-corrected chi connectivity index (χ1v) is 6.58. The van der Waals surface area contributed by atoms with Crippen LogP contribution in [0.2, 0.25) is 0 Å². The Morgan fingerprint density at radius 1 is 1.06 bits per heavy atom. The van der Waals surface area contributed by atoms with Crippen molar-refractivity contribution in [2.24, 2.45) is 0 Å². The van der Waals surface area contributed by atoms with Crippen LogP contribution in [0.5, 0.6) is 0 Å². The molecule has 1 aromatic heterocycles. The van der Waals surface area contributed by atoms with Crippen LogP contribution >= 0.6 is 0 Å². The quantitative estimate of drug-likeness (QED) is 0.807. The molecule has 0 amide bonds. The molecule has 0 aliphatic carbocycles. The second kappa shape index (κ2) is 6.11. The molecule has 18 heavy (non-hydrogen) atoms. The molecule has 5 heteroatoms. The van der Waals surface area contributed by atoms with E-state index in [0.29, 0.717) is 0 Å². The molecule has 1 aliphatic heterocycles. The van der Waals surface area contributed by atoms with Gasteiger partial charge in [0.25, 0.3) is 0 Å². The molecule has 0 saturated carbocycles. The molecular weight excluding hydrogens is 228 g/mol. The van der Waals surface area contributed by atoms with Crippen molar-refractivity contribution in [1.29, 1.82) is 0 Å². The highest BCUT2D eigenvalue weighted by Crippen LogP contribution is 2.12. The molecule has 1 aliphatic rings. The van der Waals surface area contributed by atoms with Crippen LogP contribution < -0.4 is 4.90 Å². The van der Waals surface area contributed by atoms with E-state index in [-0.39, 0.29) is 12.3 Å². The first-order chi connectivity index (χ1) is 8.66. The van der Waals surface area contributed by atoms with E-state index in [1.807, 2.05) is 6.07 Å². The van der Waals surface area contributed by atoms with Crippen molar-refractivity contribution in [3.63, 3.8) is 0 Å². The van der Waals surface area contributed by atoms with Gasteiger partial charge >= 0.3 is 0 Å². The Kier molecular flexibility index (Phi) is 4.49. The highest BCUT2D eigenvalue weighted by molar-refractivity contribution is 5.29. The number of ether oxygens (including phenoxy) is 1. The van der Waals surface area contributed by atoms with E-state index in [2.05, 4.69) is 40.5 Å². The highest BCUT2D eigenvalue weighted by atomic mass is 16.5. The highest BCUT2D eigenvalue weighted by Gasteiger charge is 2.23. The predicted molar refractivity (Wildman–Crippen MR) is 71.5 cm³/mol. The lowest BCUT2D eigenvalue weighted by atomic mass is 10.3. The second-order valence-electron chi connectivity index (χ2n) is 4.86. The molecular formula is C13H22N4O. The maximum absolute atomic E-state index is 5.81. The Hall–Kier alpha value is -1.20. The van der Waals surface area contributed by atoms with E-state index >= 15 is 0 Å². The summed E-state index contributed by atoms with van der Waals surface area (Å²) in [4.78, 5) is 13.2. The van der Waals surface area contributed by atoms with Gasteiger partial charge in [-0.3, -0.25) is 4.90 Å². The fraction of sp³-hybridized carbons (Fsp3) is 0.692. The summed E-state index contributed by atoms with van der Waals surface area (Å²) in [7, 11) is 0. The van der Waals surface area contributed by atoms with Crippen molar-refractivity contribution in [3.8, 4) is 0 Å². The summed E-state index contributed by atoms with van der Waals surface area (Å²) in [5, 5.41) is 0. The van der Waals surface area contributed by atoms with Crippen LogP contribution in [0.4, 0.5) is 5.95 Å². The third kappa shape index (κ3) is 3.40. The van der Waals surface area contributed by atoms with Crippen molar-refractivity contribution in [2.45, 2.75) is 33.1 Å². The van der Waals surface area contributed by atoms with Gasteiger partial charge in [-0.25, -0.2) is 9.97 Å². The first-order valence-electron chi connectivity index (χ1n) is 6.58. The van der Waals surface area contributed by atoms with E-state index in [1.54, 1.807) is 12.4 Å². The van der Waals surface area contributed by atoms with Crippen molar-refractivity contribution >= 4 is 5.95 Å². The fourth-order valence-electron chi connectivity index (χ4n) is 2.22. The van der Waals surface area contributed by atoms with Crippen LogP contribution in [-0.2, 0) is 4.74 Å². The van der Waals surface area contributed by atoms with Crippen molar-refractivity contribution in [2.75, 3.05) is 31.1 Å². The van der Waals surface area contributed by atoms with Gasteiger partial charge in [-0.1, -0.05) is 0 Å². The third-order valence-corrected chi connectivity index (χ3v) is 3.13. The zero-order valence-electron chi connectivity index (χ0n) is 11.4.